The topological polar surface area (TPSA) is 113 Å². The first-order valence-electron chi connectivity index (χ1n) is 5.94. The smallest absolute Gasteiger partial charge is 0.328 e. The average Bonchev–Trinajstić information content (AvgIpc) is 2.85. The number of hydrogen-bond donors (Lipinski definition) is 4. The molecule has 0 aromatic rings. The van der Waals surface area contributed by atoms with Crippen LogP contribution < -0.4 is 11.1 Å². The van der Waals surface area contributed by atoms with Crippen molar-refractivity contribution in [3.63, 3.8) is 0 Å². The number of hydrogen-bond acceptors (Lipinski definition) is 4. The number of rotatable bonds is 4. The molecule has 5 unspecified atom stereocenters. The molecule has 96 valence electrons. The molecule has 2 aliphatic rings. The second-order valence-corrected chi connectivity index (χ2v) is 5.02. The summed E-state index contributed by atoms with van der Waals surface area (Å²) in [6.45, 7) is -0.600. The monoisotopic (exact) mass is 242 g/mol. The van der Waals surface area contributed by atoms with Crippen LogP contribution in [0, 0.1) is 17.8 Å². The molecule has 0 spiro atoms. The Hall–Kier alpha value is -1.14. The Bertz CT molecular complexity index is 331. The van der Waals surface area contributed by atoms with Gasteiger partial charge in [0.05, 0.1) is 12.5 Å². The van der Waals surface area contributed by atoms with E-state index < -0.39 is 18.6 Å². The summed E-state index contributed by atoms with van der Waals surface area (Å²) in [6, 6.07) is -1.39. The lowest BCUT2D eigenvalue weighted by atomic mass is 9.84. The number of aliphatic hydroxyl groups is 1. The first kappa shape index (κ1) is 12.3. The molecule has 2 saturated carbocycles. The third-order valence-corrected chi connectivity index (χ3v) is 4.08. The Kier molecular flexibility index (Phi) is 3.35. The van der Waals surface area contributed by atoms with E-state index in [4.69, 9.17) is 15.9 Å². The molecule has 2 rings (SSSR count). The molecule has 0 heterocycles. The summed E-state index contributed by atoms with van der Waals surface area (Å²) in [7, 11) is 0. The molecule has 1 amide bonds. The third-order valence-electron chi connectivity index (χ3n) is 4.08. The number of carbonyl (C=O) groups is 2. The Balaban J connectivity index is 1.98. The van der Waals surface area contributed by atoms with Crippen molar-refractivity contribution >= 4 is 11.9 Å². The molecular formula is C11H18N2O4. The molecule has 0 aliphatic heterocycles. The van der Waals surface area contributed by atoms with Crippen LogP contribution in [0.3, 0.4) is 0 Å². The maximum atomic E-state index is 12.0. The van der Waals surface area contributed by atoms with Crippen molar-refractivity contribution < 1.29 is 19.8 Å². The van der Waals surface area contributed by atoms with E-state index in [9.17, 15) is 9.59 Å². The van der Waals surface area contributed by atoms with Crippen LogP contribution in [0.4, 0.5) is 0 Å². The standard InChI is InChI=1S/C11H18N2O4/c12-9-6-2-1-5(3-6)8(9)10(15)13-7(4-14)11(16)17/h5-9,14H,1-4,12H2,(H,13,15)(H,16,17). The lowest BCUT2D eigenvalue weighted by molar-refractivity contribution is -0.144. The highest BCUT2D eigenvalue weighted by atomic mass is 16.4. The number of fused-ring (bicyclic) bond motifs is 2. The van der Waals surface area contributed by atoms with Crippen LogP contribution in [0.2, 0.25) is 0 Å². The van der Waals surface area contributed by atoms with Crippen LogP contribution in [0.5, 0.6) is 0 Å². The number of carbonyl (C=O) groups excluding carboxylic acids is 1. The molecule has 0 aromatic heterocycles. The fourth-order valence-electron chi connectivity index (χ4n) is 3.18. The molecular weight excluding hydrogens is 224 g/mol. The lowest BCUT2D eigenvalue weighted by Crippen LogP contribution is -2.51. The van der Waals surface area contributed by atoms with Crippen molar-refractivity contribution in [2.45, 2.75) is 31.3 Å². The zero-order valence-electron chi connectivity index (χ0n) is 9.50. The molecule has 0 radical (unpaired) electrons. The van der Waals surface area contributed by atoms with Gasteiger partial charge in [0.1, 0.15) is 6.04 Å². The van der Waals surface area contributed by atoms with E-state index in [0.717, 1.165) is 19.3 Å². The minimum atomic E-state index is -1.23. The van der Waals surface area contributed by atoms with Gasteiger partial charge in [0.15, 0.2) is 0 Å². The van der Waals surface area contributed by atoms with Crippen molar-refractivity contribution in [2.24, 2.45) is 23.5 Å². The highest BCUT2D eigenvalue weighted by Crippen LogP contribution is 2.47. The number of amides is 1. The second-order valence-electron chi connectivity index (χ2n) is 5.02. The summed E-state index contributed by atoms with van der Waals surface area (Å²) in [5, 5.41) is 20.0. The first-order chi connectivity index (χ1) is 8.04. The highest BCUT2D eigenvalue weighted by molar-refractivity contribution is 5.86. The number of aliphatic carboxylic acids is 1. The van der Waals surface area contributed by atoms with E-state index in [1.54, 1.807) is 0 Å². The summed E-state index contributed by atoms with van der Waals surface area (Å²) in [4.78, 5) is 22.7. The molecule has 0 saturated heterocycles. The van der Waals surface area contributed by atoms with Gasteiger partial charge in [-0.1, -0.05) is 0 Å². The van der Waals surface area contributed by atoms with Gasteiger partial charge in [0, 0.05) is 6.04 Å². The van der Waals surface area contributed by atoms with Gasteiger partial charge in [-0.3, -0.25) is 4.79 Å². The fraction of sp³-hybridized carbons (Fsp3) is 0.818. The molecule has 5 N–H and O–H groups in total. The Morgan fingerprint density at radius 2 is 2.00 bits per heavy atom. The lowest BCUT2D eigenvalue weighted by Gasteiger charge is -2.27. The van der Waals surface area contributed by atoms with Gasteiger partial charge in [-0.15, -0.1) is 0 Å². The average molecular weight is 242 g/mol. The normalized spacial score (nSPS) is 36.8. The molecule has 0 aromatic carbocycles. The summed E-state index contributed by atoms with van der Waals surface area (Å²) >= 11 is 0. The molecule has 2 bridgehead atoms. The molecule has 6 nitrogen and oxygen atoms in total. The van der Waals surface area contributed by atoms with Crippen LogP contribution >= 0.6 is 0 Å². The van der Waals surface area contributed by atoms with E-state index in [2.05, 4.69) is 5.32 Å². The van der Waals surface area contributed by atoms with Gasteiger partial charge < -0.3 is 21.3 Å². The van der Waals surface area contributed by atoms with E-state index in [-0.39, 0.29) is 23.8 Å². The summed E-state index contributed by atoms with van der Waals surface area (Å²) in [6.07, 6.45) is 3.03. The molecule has 2 fully saturated rings. The van der Waals surface area contributed by atoms with Gasteiger partial charge in [-0.25, -0.2) is 4.79 Å². The number of carboxylic acid groups (broad SMARTS) is 1. The maximum absolute atomic E-state index is 12.0. The quantitative estimate of drug-likeness (QED) is 0.501. The van der Waals surface area contributed by atoms with E-state index in [1.165, 1.54) is 0 Å². The van der Waals surface area contributed by atoms with Gasteiger partial charge in [0.25, 0.3) is 0 Å². The van der Waals surface area contributed by atoms with Crippen LogP contribution in [0.1, 0.15) is 19.3 Å². The van der Waals surface area contributed by atoms with E-state index in [1.807, 2.05) is 0 Å². The summed E-state index contributed by atoms with van der Waals surface area (Å²) in [5.41, 5.74) is 5.99. The maximum Gasteiger partial charge on any atom is 0.328 e. The Morgan fingerprint density at radius 1 is 1.35 bits per heavy atom. The van der Waals surface area contributed by atoms with E-state index in [0.29, 0.717) is 5.92 Å². The van der Waals surface area contributed by atoms with E-state index >= 15 is 0 Å². The van der Waals surface area contributed by atoms with Crippen molar-refractivity contribution in [1.82, 2.24) is 5.32 Å². The zero-order valence-corrected chi connectivity index (χ0v) is 9.50. The zero-order chi connectivity index (χ0) is 12.6. The molecule has 5 atom stereocenters. The summed E-state index contributed by atoms with van der Waals surface area (Å²) < 4.78 is 0. The number of nitrogens with two attached hydrogens (primary N) is 1. The highest BCUT2D eigenvalue weighted by Gasteiger charge is 2.49. The number of aliphatic hydroxyl groups excluding tert-OH is 1. The Labute approximate surface area is 99.2 Å². The number of carboxylic acids is 1. The Morgan fingerprint density at radius 3 is 2.47 bits per heavy atom. The number of nitrogens with one attached hydrogen (secondary N) is 1. The predicted octanol–water partition coefficient (Wildman–Crippen LogP) is -1.08. The SMILES string of the molecule is NC1C2CCC(C2)C1C(=O)NC(CO)C(=O)O. The fourth-order valence-corrected chi connectivity index (χ4v) is 3.18. The first-order valence-corrected chi connectivity index (χ1v) is 5.94. The molecule has 2 aliphatic carbocycles. The minimum Gasteiger partial charge on any atom is -0.480 e. The second kappa shape index (κ2) is 4.62. The predicted molar refractivity (Wildman–Crippen MR) is 58.9 cm³/mol. The molecule has 6 heteroatoms. The van der Waals surface area contributed by atoms with Crippen LogP contribution in [-0.4, -0.2) is 40.8 Å². The molecule has 17 heavy (non-hydrogen) atoms. The van der Waals surface area contributed by atoms with Crippen molar-refractivity contribution in [1.29, 1.82) is 0 Å². The van der Waals surface area contributed by atoms with Gasteiger partial charge in [0.2, 0.25) is 5.91 Å². The van der Waals surface area contributed by atoms with Gasteiger partial charge in [-0.2, -0.15) is 0 Å². The van der Waals surface area contributed by atoms with Gasteiger partial charge in [-0.05, 0) is 31.1 Å². The van der Waals surface area contributed by atoms with Crippen LogP contribution in [0.25, 0.3) is 0 Å². The van der Waals surface area contributed by atoms with Crippen molar-refractivity contribution in [2.75, 3.05) is 6.61 Å². The van der Waals surface area contributed by atoms with Crippen molar-refractivity contribution in [3.05, 3.63) is 0 Å². The van der Waals surface area contributed by atoms with Crippen LogP contribution in [0.15, 0.2) is 0 Å². The third kappa shape index (κ3) is 2.14. The van der Waals surface area contributed by atoms with Gasteiger partial charge >= 0.3 is 5.97 Å². The van der Waals surface area contributed by atoms with Crippen molar-refractivity contribution in [3.8, 4) is 0 Å². The summed E-state index contributed by atoms with van der Waals surface area (Å²) in [5.74, 6) is -1.16. The largest absolute Gasteiger partial charge is 0.480 e. The minimum absolute atomic E-state index is 0.165. The van der Waals surface area contributed by atoms with Crippen LogP contribution in [-0.2, 0) is 9.59 Å².